The summed E-state index contributed by atoms with van der Waals surface area (Å²) in [6.45, 7) is 20.4. The second-order valence-electron chi connectivity index (χ2n) is 14.4. The lowest BCUT2D eigenvalue weighted by Gasteiger charge is -2.45. The average molecular weight is 608 g/mol. The number of benzene rings is 1. The number of aromatic nitrogens is 1. The summed E-state index contributed by atoms with van der Waals surface area (Å²) in [4.78, 5) is 5.18. The number of alkyl halides is 3. The molecule has 1 aliphatic carbocycles. The zero-order chi connectivity index (χ0) is 31.4. The lowest BCUT2D eigenvalue weighted by molar-refractivity contribution is -0.140. The zero-order valence-corrected chi connectivity index (χ0v) is 27.3. The standard InChI is InChI=1S/C33H45F4NO3Si/c1-19(2)29-28(30(39)21-10-11-22(23(34)16-21)33(35,36)37)26(20-12-14-40-15-13-20)27-24(38-29)17-32(6,7)18-25(27)41-42(8,9)31(3,4)5/h10-12,16,19,25,30,39H,13-15,17-18H2,1-9H3/t25?,30-/m0/s1. The van der Waals surface area contributed by atoms with Gasteiger partial charge >= 0.3 is 6.18 Å². The third-order valence-electron chi connectivity index (χ3n) is 9.05. The highest BCUT2D eigenvalue weighted by Crippen LogP contribution is 2.51. The van der Waals surface area contributed by atoms with Crippen LogP contribution in [0.1, 0.15) is 119 Å². The van der Waals surface area contributed by atoms with E-state index < -0.39 is 32.0 Å². The van der Waals surface area contributed by atoms with Crippen molar-refractivity contribution in [3.8, 4) is 0 Å². The summed E-state index contributed by atoms with van der Waals surface area (Å²) < 4.78 is 67.6. The molecule has 4 rings (SSSR count). The Morgan fingerprint density at radius 1 is 1.14 bits per heavy atom. The van der Waals surface area contributed by atoms with Gasteiger partial charge in [-0.1, -0.05) is 60.6 Å². The molecule has 2 heterocycles. The van der Waals surface area contributed by atoms with Crippen molar-refractivity contribution >= 4 is 13.9 Å². The number of aliphatic hydroxyl groups is 1. The van der Waals surface area contributed by atoms with E-state index in [-0.39, 0.29) is 28.0 Å². The van der Waals surface area contributed by atoms with Crippen molar-refractivity contribution in [3.63, 3.8) is 0 Å². The summed E-state index contributed by atoms with van der Waals surface area (Å²) in [5, 5.41) is 11.9. The molecule has 0 fully saturated rings. The number of hydrogen-bond donors (Lipinski definition) is 1. The number of rotatable bonds is 6. The Hall–Kier alpha value is -2.07. The van der Waals surface area contributed by atoms with Gasteiger partial charge in [-0.15, -0.1) is 0 Å². The third kappa shape index (κ3) is 6.54. The Balaban J connectivity index is 2.03. The maximum atomic E-state index is 14.8. The highest BCUT2D eigenvalue weighted by atomic mass is 28.4. The summed E-state index contributed by atoms with van der Waals surface area (Å²) in [6.07, 6.45) is -2.41. The van der Waals surface area contributed by atoms with Crippen molar-refractivity contribution in [2.75, 3.05) is 13.2 Å². The summed E-state index contributed by atoms with van der Waals surface area (Å²) in [5.41, 5.74) is 3.48. The molecule has 1 aromatic heterocycles. The molecule has 1 N–H and O–H groups in total. The molecule has 0 bridgehead atoms. The summed E-state index contributed by atoms with van der Waals surface area (Å²) in [5.74, 6) is -1.52. The van der Waals surface area contributed by atoms with Crippen LogP contribution in [-0.2, 0) is 21.8 Å². The van der Waals surface area contributed by atoms with Crippen molar-refractivity contribution in [2.45, 2.75) is 110 Å². The molecular weight excluding hydrogens is 562 g/mol. The molecule has 1 aliphatic heterocycles. The molecule has 2 atom stereocenters. The summed E-state index contributed by atoms with van der Waals surface area (Å²) in [7, 11) is -2.26. The van der Waals surface area contributed by atoms with Crippen molar-refractivity contribution in [3.05, 3.63) is 69.3 Å². The van der Waals surface area contributed by atoms with Gasteiger partial charge in [-0.25, -0.2) is 4.39 Å². The second-order valence-corrected chi connectivity index (χ2v) is 19.2. The Bertz CT molecular complexity index is 1360. The fourth-order valence-electron chi connectivity index (χ4n) is 5.84. The van der Waals surface area contributed by atoms with Gasteiger partial charge in [-0.05, 0) is 77.6 Å². The van der Waals surface area contributed by atoms with Crippen molar-refractivity contribution in [1.82, 2.24) is 4.98 Å². The van der Waals surface area contributed by atoms with Gasteiger partial charge in [0.15, 0.2) is 8.32 Å². The fourth-order valence-corrected chi connectivity index (χ4v) is 7.11. The van der Waals surface area contributed by atoms with Crippen LogP contribution in [0.5, 0.6) is 0 Å². The SMILES string of the molecule is CC(C)c1nc2c(c(C3=CCOCC3)c1[C@@H](O)c1ccc(C(F)(F)F)c(F)c1)C(O[Si](C)(C)C(C)(C)C)CC(C)(C)C2. The van der Waals surface area contributed by atoms with E-state index in [2.05, 4.69) is 47.7 Å². The number of halogens is 4. The van der Waals surface area contributed by atoms with Crippen LogP contribution in [0.25, 0.3) is 5.57 Å². The molecule has 0 radical (unpaired) electrons. The van der Waals surface area contributed by atoms with Crippen molar-refractivity contribution in [1.29, 1.82) is 0 Å². The number of ether oxygens (including phenoxy) is 1. The molecule has 4 nitrogen and oxygen atoms in total. The van der Waals surface area contributed by atoms with Gasteiger partial charge in [0.05, 0.1) is 24.9 Å². The van der Waals surface area contributed by atoms with E-state index in [4.69, 9.17) is 14.1 Å². The quantitative estimate of drug-likeness (QED) is 0.263. The van der Waals surface area contributed by atoms with Gasteiger partial charge in [-0.2, -0.15) is 13.2 Å². The molecule has 2 aliphatic rings. The molecule has 42 heavy (non-hydrogen) atoms. The van der Waals surface area contributed by atoms with Gasteiger partial charge in [0.25, 0.3) is 0 Å². The van der Waals surface area contributed by atoms with E-state index in [1.165, 1.54) is 0 Å². The Kier molecular flexibility index (Phi) is 8.95. The summed E-state index contributed by atoms with van der Waals surface area (Å²) in [6, 6.07) is 2.66. The normalized spacial score (nSPS) is 20.4. The third-order valence-corrected chi connectivity index (χ3v) is 13.5. The van der Waals surface area contributed by atoms with Crippen LogP contribution in [0.15, 0.2) is 24.3 Å². The smallest absolute Gasteiger partial charge is 0.410 e. The van der Waals surface area contributed by atoms with Crippen LogP contribution < -0.4 is 0 Å². The van der Waals surface area contributed by atoms with Crippen LogP contribution >= 0.6 is 0 Å². The monoisotopic (exact) mass is 607 g/mol. The first-order valence-corrected chi connectivity index (χ1v) is 17.7. The minimum atomic E-state index is -4.83. The predicted octanol–water partition coefficient (Wildman–Crippen LogP) is 9.28. The number of aliphatic hydroxyl groups excluding tert-OH is 1. The van der Waals surface area contributed by atoms with E-state index in [1.54, 1.807) is 0 Å². The van der Waals surface area contributed by atoms with Crippen LogP contribution in [0.2, 0.25) is 18.1 Å². The number of fused-ring (bicyclic) bond motifs is 1. The molecule has 0 saturated heterocycles. The largest absolute Gasteiger partial charge is 0.419 e. The van der Waals surface area contributed by atoms with Crippen LogP contribution in [0.4, 0.5) is 17.6 Å². The Morgan fingerprint density at radius 3 is 2.33 bits per heavy atom. The number of nitrogens with zero attached hydrogens (tertiary/aromatic N) is 1. The second kappa shape index (κ2) is 11.5. The first kappa shape index (κ1) is 32.8. The van der Waals surface area contributed by atoms with Crippen LogP contribution in [0.3, 0.4) is 0 Å². The molecule has 2 aromatic rings. The minimum absolute atomic E-state index is 0.0434. The molecular formula is C33H45F4NO3Si. The highest BCUT2D eigenvalue weighted by Gasteiger charge is 2.45. The lowest BCUT2D eigenvalue weighted by Crippen LogP contribution is -2.44. The maximum Gasteiger partial charge on any atom is 0.419 e. The van der Waals surface area contributed by atoms with E-state index in [0.717, 1.165) is 47.4 Å². The molecule has 0 amide bonds. The van der Waals surface area contributed by atoms with Gasteiger partial charge in [0, 0.05) is 22.5 Å². The van der Waals surface area contributed by atoms with Gasteiger partial charge in [0.2, 0.25) is 0 Å². The molecule has 9 heteroatoms. The van der Waals surface area contributed by atoms with Crippen LogP contribution in [0, 0.1) is 11.2 Å². The molecule has 232 valence electrons. The molecule has 0 saturated carbocycles. The Labute approximate surface area is 248 Å². The summed E-state index contributed by atoms with van der Waals surface area (Å²) >= 11 is 0. The van der Waals surface area contributed by atoms with E-state index in [0.29, 0.717) is 37.0 Å². The highest BCUT2D eigenvalue weighted by molar-refractivity contribution is 6.74. The molecule has 1 unspecified atom stereocenters. The van der Waals surface area contributed by atoms with Gasteiger partial charge in [-0.3, -0.25) is 4.98 Å². The maximum absolute atomic E-state index is 14.8. The lowest BCUT2D eigenvalue weighted by atomic mass is 9.71. The van der Waals surface area contributed by atoms with Crippen LogP contribution in [-0.4, -0.2) is 31.6 Å². The van der Waals surface area contributed by atoms with Crippen molar-refractivity contribution < 1.29 is 31.8 Å². The minimum Gasteiger partial charge on any atom is -0.410 e. The Morgan fingerprint density at radius 2 is 1.81 bits per heavy atom. The van der Waals surface area contributed by atoms with Gasteiger partial charge < -0.3 is 14.3 Å². The van der Waals surface area contributed by atoms with E-state index in [1.807, 2.05) is 19.9 Å². The van der Waals surface area contributed by atoms with Crippen molar-refractivity contribution in [2.24, 2.45) is 5.41 Å². The predicted molar refractivity (Wildman–Crippen MR) is 160 cm³/mol. The molecule has 1 aromatic carbocycles. The first-order valence-electron chi connectivity index (χ1n) is 14.8. The number of hydrogen-bond acceptors (Lipinski definition) is 4. The molecule has 0 spiro atoms. The number of pyridine rings is 1. The van der Waals surface area contributed by atoms with Gasteiger partial charge in [0.1, 0.15) is 11.9 Å². The fraction of sp³-hybridized carbons (Fsp3) is 0.606. The average Bonchev–Trinajstić information content (AvgIpc) is 2.85. The first-order chi connectivity index (χ1) is 19.2. The van der Waals surface area contributed by atoms with E-state index >= 15 is 0 Å². The van der Waals surface area contributed by atoms with E-state index in [9.17, 15) is 22.7 Å². The zero-order valence-electron chi connectivity index (χ0n) is 26.3. The topological polar surface area (TPSA) is 51.6 Å².